The van der Waals surface area contributed by atoms with Gasteiger partial charge in [0.05, 0.1) is 12.8 Å². The number of carbonyl (C=O) groups is 1. The number of esters is 1. The van der Waals surface area contributed by atoms with E-state index in [9.17, 15) is 4.79 Å². The van der Waals surface area contributed by atoms with Crippen LogP contribution in [-0.2, 0) is 4.79 Å². The first kappa shape index (κ1) is 24.4. The third kappa shape index (κ3) is 6.37. The highest BCUT2D eigenvalue weighted by molar-refractivity contribution is 5.75. The van der Waals surface area contributed by atoms with Crippen molar-refractivity contribution in [1.82, 2.24) is 9.97 Å². The number of H-pyrrole nitrogens is 1. The van der Waals surface area contributed by atoms with Crippen molar-refractivity contribution in [3.63, 3.8) is 0 Å². The summed E-state index contributed by atoms with van der Waals surface area (Å²) in [5, 5.41) is 0. The minimum absolute atomic E-state index is 0.227. The molecule has 0 spiro atoms. The minimum atomic E-state index is -0.227. The number of anilines is 1. The summed E-state index contributed by atoms with van der Waals surface area (Å²) in [5.41, 5.74) is 4.96. The molecule has 3 aromatic rings. The van der Waals surface area contributed by atoms with Crippen LogP contribution in [0.1, 0.15) is 51.1 Å². The second kappa shape index (κ2) is 11.5. The van der Waals surface area contributed by atoms with Gasteiger partial charge in [0.2, 0.25) is 0 Å². The van der Waals surface area contributed by atoms with E-state index in [1.165, 1.54) is 12.8 Å². The molecule has 6 heteroatoms. The Morgan fingerprint density at radius 3 is 2.33 bits per heavy atom. The maximum Gasteiger partial charge on any atom is 0.311 e. The molecule has 1 N–H and O–H groups in total. The summed E-state index contributed by atoms with van der Waals surface area (Å²) in [6.45, 7) is 4.19. The number of hydrogen-bond donors (Lipinski definition) is 1. The molecule has 2 aromatic carbocycles. The van der Waals surface area contributed by atoms with E-state index in [0.29, 0.717) is 17.9 Å². The summed E-state index contributed by atoms with van der Waals surface area (Å²) in [5.74, 6) is 1.46. The van der Waals surface area contributed by atoms with Crippen LogP contribution >= 0.6 is 0 Å². The number of aromatic amines is 1. The van der Waals surface area contributed by atoms with Gasteiger partial charge >= 0.3 is 5.97 Å². The molecule has 1 aromatic heterocycles. The molecule has 0 aliphatic rings. The molecule has 0 radical (unpaired) electrons. The predicted molar refractivity (Wildman–Crippen MR) is 134 cm³/mol. The van der Waals surface area contributed by atoms with Crippen LogP contribution in [0.15, 0.2) is 42.5 Å². The fourth-order valence-corrected chi connectivity index (χ4v) is 3.74. The van der Waals surface area contributed by atoms with Crippen LogP contribution in [0.2, 0.25) is 0 Å². The number of nitrogens with zero attached hydrogens (tertiary/aromatic N) is 2. The third-order valence-corrected chi connectivity index (χ3v) is 5.69. The number of carbonyl (C=O) groups excluding carboxylic acids is 1. The number of ether oxygens (including phenoxy) is 2. The maximum atomic E-state index is 12.2. The number of methoxy groups -OCH3 is 1. The molecule has 0 aliphatic carbocycles. The molecule has 0 aliphatic heterocycles. The van der Waals surface area contributed by atoms with E-state index in [-0.39, 0.29) is 5.97 Å². The number of unbranched alkanes of at least 4 members (excludes halogenated alkanes) is 4. The number of hydrogen-bond acceptors (Lipinski definition) is 5. The lowest BCUT2D eigenvalue weighted by molar-refractivity contribution is -0.134. The van der Waals surface area contributed by atoms with Gasteiger partial charge in [0, 0.05) is 43.0 Å². The number of aromatic nitrogens is 2. The standard InChI is InChI=1S/C27H35N3O3/c1-6-7-8-9-10-11-25(31)33-23-17-14-21(18-24(23)32-5)27-28-19(2)26(29-27)20-12-15-22(16-13-20)30(3)4/h12-18H,6-11H2,1-5H3,(H,28,29). The zero-order valence-corrected chi connectivity index (χ0v) is 20.4. The van der Waals surface area contributed by atoms with Gasteiger partial charge in [-0.2, -0.15) is 0 Å². The van der Waals surface area contributed by atoms with Crippen molar-refractivity contribution in [2.75, 3.05) is 26.1 Å². The van der Waals surface area contributed by atoms with Crippen molar-refractivity contribution in [3.05, 3.63) is 48.2 Å². The van der Waals surface area contributed by atoms with Gasteiger partial charge in [0.15, 0.2) is 11.5 Å². The number of benzene rings is 2. The summed E-state index contributed by atoms with van der Waals surface area (Å²) < 4.78 is 11.1. The Morgan fingerprint density at radius 1 is 0.970 bits per heavy atom. The van der Waals surface area contributed by atoms with Crippen LogP contribution in [0.4, 0.5) is 5.69 Å². The molecule has 0 saturated carbocycles. The van der Waals surface area contributed by atoms with Gasteiger partial charge in [-0.3, -0.25) is 4.79 Å². The highest BCUT2D eigenvalue weighted by Crippen LogP contribution is 2.34. The third-order valence-electron chi connectivity index (χ3n) is 5.69. The summed E-state index contributed by atoms with van der Waals surface area (Å²) in [6, 6.07) is 13.8. The average Bonchev–Trinajstić information content (AvgIpc) is 3.20. The molecule has 0 unspecified atom stereocenters. The van der Waals surface area contributed by atoms with Gasteiger partial charge < -0.3 is 19.4 Å². The molecule has 6 nitrogen and oxygen atoms in total. The summed E-state index contributed by atoms with van der Waals surface area (Å²) in [7, 11) is 5.62. The second-order valence-corrected chi connectivity index (χ2v) is 8.50. The van der Waals surface area contributed by atoms with Gasteiger partial charge in [-0.25, -0.2) is 4.98 Å². The van der Waals surface area contributed by atoms with Gasteiger partial charge in [0.1, 0.15) is 5.82 Å². The van der Waals surface area contributed by atoms with Crippen LogP contribution in [0.5, 0.6) is 11.5 Å². The highest BCUT2D eigenvalue weighted by atomic mass is 16.6. The van der Waals surface area contributed by atoms with Crippen molar-refractivity contribution >= 4 is 11.7 Å². The van der Waals surface area contributed by atoms with Crippen molar-refractivity contribution in [3.8, 4) is 34.1 Å². The molecular weight excluding hydrogens is 414 g/mol. The predicted octanol–water partition coefficient (Wildman–Crippen LogP) is 6.39. The smallest absolute Gasteiger partial charge is 0.311 e. The SMILES string of the molecule is CCCCCCCC(=O)Oc1ccc(-c2nc(-c3ccc(N(C)C)cc3)c(C)[nH]2)cc1OC. The molecule has 3 rings (SSSR count). The molecule has 0 fully saturated rings. The molecule has 0 atom stereocenters. The molecule has 33 heavy (non-hydrogen) atoms. The average molecular weight is 450 g/mol. The summed E-state index contributed by atoms with van der Waals surface area (Å²) >= 11 is 0. The Bertz CT molecular complexity index is 1050. The zero-order valence-electron chi connectivity index (χ0n) is 20.4. The van der Waals surface area contributed by atoms with E-state index < -0.39 is 0 Å². The largest absolute Gasteiger partial charge is 0.493 e. The highest BCUT2D eigenvalue weighted by Gasteiger charge is 2.15. The summed E-state index contributed by atoms with van der Waals surface area (Å²) in [6.07, 6.45) is 5.88. The van der Waals surface area contributed by atoms with Crippen molar-refractivity contribution in [2.24, 2.45) is 0 Å². The Kier molecular flexibility index (Phi) is 8.52. The van der Waals surface area contributed by atoms with Gasteiger partial charge in [-0.05, 0) is 43.7 Å². The van der Waals surface area contributed by atoms with Crippen LogP contribution in [0.25, 0.3) is 22.6 Å². The van der Waals surface area contributed by atoms with Gasteiger partial charge in [-0.15, -0.1) is 0 Å². The molecule has 0 amide bonds. The van der Waals surface area contributed by atoms with Crippen molar-refractivity contribution < 1.29 is 14.3 Å². The van der Waals surface area contributed by atoms with E-state index in [2.05, 4.69) is 41.1 Å². The fraction of sp³-hybridized carbons (Fsp3) is 0.407. The molecule has 176 valence electrons. The second-order valence-electron chi connectivity index (χ2n) is 8.50. The Morgan fingerprint density at radius 2 is 1.67 bits per heavy atom. The fourth-order valence-electron chi connectivity index (χ4n) is 3.74. The van der Waals surface area contributed by atoms with Crippen LogP contribution in [-0.4, -0.2) is 37.1 Å². The first-order chi connectivity index (χ1) is 15.9. The normalized spacial score (nSPS) is 10.8. The Balaban J connectivity index is 1.72. The van der Waals surface area contributed by atoms with Crippen molar-refractivity contribution in [1.29, 1.82) is 0 Å². The van der Waals surface area contributed by atoms with E-state index in [1.807, 2.05) is 33.2 Å². The first-order valence-corrected chi connectivity index (χ1v) is 11.7. The molecule has 0 saturated heterocycles. The zero-order chi connectivity index (χ0) is 23.8. The van der Waals surface area contributed by atoms with Gasteiger partial charge in [0.25, 0.3) is 0 Å². The van der Waals surface area contributed by atoms with Gasteiger partial charge in [-0.1, -0.05) is 44.7 Å². The molecule has 0 bridgehead atoms. The number of rotatable bonds is 11. The first-order valence-electron chi connectivity index (χ1n) is 11.7. The Hall–Kier alpha value is -3.28. The number of aryl methyl sites for hydroxylation is 1. The number of imidazole rings is 1. The van der Waals surface area contributed by atoms with E-state index in [0.717, 1.165) is 53.3 Å². The quantitative estimate of drug-likeness (QED) is 0.209. The summed E-state index contributed by atoms with van der Waals surface area (Å²) in [4.78, 5) is 22.5. The lowest BCUT2D eigenvalue weighted by Crippen LogP contribution is -2.08. The van der Waals surface area contributed by atoms with Crippen LogP contribution in [0.3, 0.4) is 0 Å². The van der Waals surface area contributed by atoms with Crippen molar-refractivity contribution in [2.45, 2.75) is 52.4 Å². The lowest BCUT2D eigenvalue weighted by atomic mass is 10.1. The monoisotopic (exact) mass is 449 g/mol. The van der Waals surface area contributed by atoms with E-state index in [4.69, 9.17) is 14.5 Å². The van der Waals surface area contributed by atoms with Crippen LogP contribution < -0.4 is 14.4 Å². The lowest BCUT2D eigenvalue weighted by Gasteiger charge is -2.12. The topological polar surface area (TPSA) is 67.5 Å². The van der Waals surface area contributed by atoms with E-state index >= 15 is 0 Å². The molecule has 1 heterocycles. The van der Waals surface area contributed by atoms with Crippen LogP contribution in [0, 0.1) is 6.92 Å². The van der Waals surface area contributed by atoms with E-state index in [1.54, 1.807) is 13.2 Å². The maximum absolute atomic E-state index is 12.2. The minimum Gasteiger partial charge on any atom is -0.493 e. The number of nitrogens with one attached hydrogen (secondary N) is 1. The molecular formula is C27H35N3O3. The Labute approximate surface area is 197 Å².